The lowest BCUT2D eigenvalue weighted by molar-refractivity contribution is -0.137. The van der Waals surface area contributed by atoms with E-state index in [1.165, 1.54) is 6.07 Å². The molecule has 4 rings (SSSR count). The molecule has 7 heteroatoms. The van der Waals surface area contributed by atoms with Gasteiger partial charge in [-0.15, -0.1) is 6.58 Å². The molecular formula is C19H19F3N4. The first-order valence-corrected chi connectivity index (χ1v) is 8.53. The summed E-state index contributed by atoms with van der Waals surface area (Å²) in [7, 11) is 0. The lowest BCUT2D eigenvalue weighted by Crippen LogP contribution is -2.46. The number of aromatic nitrogens is 2. The summed E-state index contributed by atoms with van der Waals surface area (Å²) < 4.78 is 41.2. The van der Waals surface area contributed by atoms with Gasteiger partial charge in [0.15, 0.2) is 5.82 Å². The maximum Gasteiger partial charge on any atom is 0.416 e. The summed E-state index contributed by atoms with van der Waals surface area (Å²) >= 11 is 0. The fourth-order valence-electron chi connectivity index (χ4n) is 3.50. The van der Waals surface area contributed by atoms with Crippen LogP contribution in [-0.2, 0) is 6.18 Å². The molecule has 1 fully saturated rings. The SMILES string of the molecule is C=CCN1CCN(c2nc3cc(C(F)(F)F)ccc3n3cccc23)CC1. The Morgan fingerprint density at radius 3 is 2.54 bits per heavy atom. The first kappa shape index (κ1) is 16.9. The first-order valence-electron chi connectivity index (χ1n) is 8.53. The predicted molar refractivity (Wildman–Crippen MR) is 96.6 cm³/mol. The van der Waals surface area contributed by atoms with Crippen LogP contribution in [-0.4, -0.2) is 47.0 Å². The number of halogens is 3. The molecule has 26 heavy (non-hydrogen) atoms. The van der Waals surface area contributed by atoms with Gasteiger partial charge in [0.2, 0.25) is 0 Å². The number of alkyl halides is 3. The summed E-state index contributed by atoms with van der Waals surface area (Å²) in [5.74, 6) is 0.736. The number of nitrogens with zero attached hydrogens (tertiary/aromatic N) is 4. The lowest BCUT2D eigenvalue weighted by atomic mass is 10.2. The fourth-order valence-corrected chi connectivity index (χ4v) is 3.50. The second-order valence-electron chi connectivity index (χ2n) is 6.48. The minimum absolute atomic E-state index is 0.354. The molecule has 2 aromatic heterocycles. The van der Waals surface area contributed by atoms with E-state index in [1.807, 2.05) is 28.8 Å². The monoisotopic (exact) mass is 360 g/mol. The van der Waals surface area contributed by atoms with E-state index < -0.39 is 11.7 Å². The topological polar surface area (TPSA) is 23.8 Å². The van der Waals surface area contributed by atoms with E-state index in [0.29, 0.717) is 11.0 Å². The molecule has 136 valence electrons. The third kappa shape index (κ3) is 2.92. The van der Waals surface area contributed by atoms with Crippen LogP contribution in [0.3, 0.4) is 0 Å². The molecule has 0 atom stereocenters. The van der Waals surface area contributed by atoms with Gasteiger partial charge >= 0.3 is 6.18 Å². The van der Waals surface area contributed by atoms with Crippen molar-refractivity contribution in [1.82, 2.24) is 14.3 Å². The second kappa shape index (κ2) is 6.32. The molecule has 0 saturated carbocycles. The Bertz CT molecular complexity index is 952. The van der Waals surface area contributed by atoms with Crippen LogP contribution >= 0.6 is 0 Å². The van der Waals surface area contributed by atoms with Crippen LogP contribution < -0.4 is 4.90 Å². The summed E-state index contributed by atoms with van der Waals surface area (Å²) in [5.41, 5.74) is 1.26. The number of anilines is 1. The van der Waals surface area contributed by atoms with Gasteiger partial charge in [-0.1, -0.05) is 6.08 Å². The molecule has 0 spiro atoms. The summed E-state index contributed by atoms with van der Waals surface area (Å²) in [6, 6.07) is 7.58. The quantitative estimate of drug-likeness (QED) is 0.664. The largest absolute Gasteiger partial charge is 0.416 e. The Morgan fingerprint density at radius 2 is 1.85 bits per heavy atom. The summed E-state index contributed by atoms with van der Waals surface area (Å²) in [5, 5.41) is 0. The van der Waals surface area contributed by atoms with Crippen molar-refractivity contribution < 1.29 is 13.2 Å². The molecule has 0 unspecified atom stereocenters. The van der Waals surface area contributed by atoms with E-state index in [9.17, 15) is 13.2 Å². The van der Waals surface area contributed by atoms with Crippen LogP contribution in [0.1, 0.15) is 5.56 Å². The zero-order chi connectivity index (χ0) is 18.3. The van der Waals surface area contributed by atoms with Gasteiger partial charge in [0, 0.05) is 38.9 Å². The molecule has 0 N–H and O–H groups in total. The predicted octanol–water partition coefficient (Wildman–Crippen LogP) is 3.81. The minimum atomic E-state index is -4.38. The number of rotatable bonds is 3. The summed E-state index contributed by atoms with van der Waals surface area (Å²) in [6.45, 7) is 7.93. The van der Waals surface area contributed by atoms with Crippen LogP contribution in [0, 0.1) is 0 Å². The van der Waals surface area contributed by atoms with Gasteiger partial charge in [0.25, 0.3) is 0 Å². The smallest absolute Gasteiger partial charge is 0.352 e. The van der Waals surface area contributed by atoms with Gasteiger partial charge in [-0.3, -0.25) is 4.90 Å². The highest BCUT2D eigenvalue weighted by molar-refractivity contribution is 5.85. The van der Waals surface area contributed by atoms with Gasteiger partial charge in [-0.2, -0.15) is 13.2 Å². The molecule has 3 heterocycles. The number of benzene rings is 1. The van der Waals surface area contributed by atoms with Crippen LogP contribution in [0.4, 0.5) is 19.0 Å². The van der Waals surface area contributed by atoms with E-state index in [1.54, 1.807) is 0 Å². The Morgan fingerprint density at radius 1 is 1.08 bits per heavy atom. The van der Waals surface area contributed by atoms with Crippen molar-refractivity contribution in [3.63, 3.8) is 0 Å². The summed E-state index contributed by atoms with van der Waals surface area (Å²) in [4.78, 5) is 9.05. The van der Waals surface area contributed by atoms with Crippen LogP contribution in [0.25, 0.3) is 16.6 Å². The lowest BCUT2D eigenvalue weighted by Gasteiger charge is -2.35. The molecule has 4 nitrogen and oxygen atoms in total. The van der Waals surface area contributed by atoms with Gasteiger partial charge in [0.1, 0.15) is 0 Å². The normalized spacial score (nSPS) is 16.5. The first-order chi connectivity index (χ1) is 12.5. The zero-order valence-corrected chi connectivity index (χ0v) is 14.2. The van der Waals surface area contributed by atoms with E-state index in [0.717, 1.165) is 56.2 Å². The van der Waals surface area contributed by atoms with Crippen molar-refractivity contribution in [3.8, 4) is 0 Å². The Labute approximate surface area is 149 Å². The second-order valence-corrected chi connectivity index (χ2v) is 6.48. The average Bonchev–Trinajstić information content (AvgIpc) is 3.11. The third-order valence-electron chi connectivity index (χ3n) is 4.83. The highest BCUT2D eigenvalue weighted by atomic mass is 19.4. The standard InChI is InChI=1S/C19H19F3N4/c1-2-7-24-9-11-25(12-10-24)18-17-4-3-8-26(17)16-6-5-14(19(20,21)22)13-15(16)23-18/h2-6,8,13H,1,7,9-12H2. The third-order valence-corrected chi connectivity index (χ3v) is 4.83. The maximum absolute atomic E-state index is 13.1. The van der Waals surface area contributed by atoms with Crippen molar-refractivity contribution >= 4 is 22.4 Å². The van der Waals surface area contributed by atoms with Crippen molar-refractivity contribution in [1.29, 1.82) is 0 Å². The van der Waals surface area contributed by atoms with Crippen LogP contribution in [0.15, 0.2) is 49.2 Å². The Hall–Kier alpha value is -2.54. The van der Waals surface area contributed by atoms with Crippen LogP contribution in [0.2, 0.25) is 0 Å². The average molecular weight is 360 g/mol. The fraction of sp³-hybridized carbons (Fsp3) is 0.316. The van der Waals surface area contributed by atoms with Gasteiger partial charge < -0.3 is 9.30 Å². The molecule has 3 aromatic rings. The molecule has 0 aliphatic carbocycles. The van der Waals surface area contributed by atoms with Crippen molar-refractivity contribution in [2.24, 2.45) is 0 Å². The molecule has 0 radical (unpaired) electrons. The molecule has 1 aromatic carbocycles. The van der Waals surface area contributed by atoms with E-state index in [4.69, 9.17) is 0 Å². The van der Waals surface area contributed by atoms with Crippen LogP contribution in [0.5, 0.6) is 0 Å². The van der Waals surface area contributed by atoms with Crippen molar-refractivity contribution in [2.75, 3.05) is 37.6 Å². The molecular weight excluding hydrogens is 341 g/mol. The van der Waals surface area contributed by atoms with E-state index in [2.05, 4.69) is 21.4 Å². The maximum atomic E-state index is 13.1. The molecule has 1 saturated heterocycles. The van der Waals surface area contributed by atoms with Crippen molar-refractivity contribution in [3.05, 3.63) is 54.7 Å². The number of fused-ring (bicyclic) bond motifs is 3. The molecule has 0 amide bonds. The molecule has 1 aliphatic rings. The Kier molecular flexibility index (Phi) is 4.11. The van der Waals surface area contributed by atoms with Gasteiger partial charge in [-0.25, -0.2) is 4.98 Å². The number of hydrogen-bond acceptors (Lipinski definition) is 3. The van der Waals surface area contributed by atoms with Gasteiger partial charge in [0.05, 0.1) is 22.1 Å². The number of piperazine rings is 1. The van der Waals surface area contributed by atoms with E-state index >= 15 is 0 Å². The van der Waals surface area contributed by atoms with E-state index in [-0.39, 0.29) is 0 Å². The molecule has 0 bridgehead atoms. The highest BCUT2D eigenvalue weighted by Gasteiger charge is 2.31. The summed E-state index contributed by atoms with van der Waals surface area (Å²) in [6.07, 6.45) is -0.629. The zero-order valence-electron chi connectivity index (χ0n) is 14.2. The van der Waals surface area contributed by atoms with Gasteiger partial charge in [-0.05, 0) is 30.3 Å². The minimum Gasteiger partial charge on any atom is -0.352 e. The Balaban J connectivity index is 1.78. The van der Waals surface area contributed by atoms with Crippen molar-refractivity contribution in [2.45, 2.75) is 6.18 Å². The number of hydrogen-bond donors (Lipinski definition) is 0. The molecule has 1 aliphatic heterocycles. The highest BCUT2D eigenvalue weighted by Crippen LogP contribution is 2.33.